The maximum Gasteiger partial charge on any atom is 0.335 e. The molecular weight excluding hydrogens is 426 g/mol. The van der Waals surface area contributed by atoms with Crippen LogP contribution < -0.4 is 10.2 Å². The number of nitrogens with zero attached hydrogens (tertiary/aromatic N) is 2. The molecule has 0 saturated carbocycles. The molecule has 2 aromatic carbocycles. The maximum atomic E-state index is 13.1. The number of nitro groups is 1. The summed E-state index contributed by atoms with van der Waals surface area (Å²) in [4.78, 5) is 49.3. The van der Waals surface area contributed by atoms with Crippen molar-refractivity contribution in [1.29, 1.82) is 0 Å². The minimum Gasteiger partial charge on any atom is -0.457 e. The molecule has 1 aliphatic heterocycles. The summed E-state index contributed by atoms with van der Waals surface area (Å²) in [7, 11) is 0. The number of benzene rings is 2. The van der Waals surface area contributed by atoms with Gasteiger partial charge in [0.1, 0.15) is 17.1 Å². The van der Waals surface area contributed by atoms with Crippen LogP contribution in [0.1, 0.15) is 22.5 Å². The summed E-state index contributed by atoms with van der Waals surface area (Å²) < 4.78 is 5.75. The van der Waals surface area contributed by atoms with Crippen molar-refractivity contribution in [3.05, 3.63) is 86.7 Å². The van der Waals surface area contributed by atoms with Crippen molar-refractivity contribution in [1.82, 2.24) is 5.32 Å². The summed E-state index contributed by atoms with van der Waals surface area (Å²) in [6.45, 7) is 5.54. The minimum atomic E-state index is -0.838. The van der Waals surface area contributed by atoms with Crippen molar-refractivity contribution < 1.29 is 23.7 Å². The number of imide groups is 2. The molecule has 9 nitrogen and oxygen atoms in total. The molecule has 3 aromatic rings. The molecule has 1 saturated heterocycles. The number of hydrogen-bond acceptors (Lipinski definition) is 6. The van der Waals surface area contributed by atoms with E-state index in [4.69, 9.17) is 4.42 Å². The van der Waals surface area contributed by atoms with Crippen molar-refractivity contribution in [2.75, 3.05) is 4.90 Å². The first-order valence-corrected chi connectivity index (χ1v) is 9.99. The van der Waals surface area contributed by atoms with Crippen LogP contribution in [0.5, 0.6) is 0 Å². The number of anilines is 1. The molecule has 4 amide bonds. The molecule has 1 N–H and O–H groups in total. The summed E-state index contributed by atoms with van der Waals surface area (Å²) in [6.07, 6.45) is 1.24. The largest absolute Gasteiger partial charge is 0.457 e. The number of barbiturate groups is 1. The average molecular weight is 445 g/mol. The molecule has 33 heavy (non-hydrogen) atoms. The van der Waals surface area contributed by atoms with Crippen LogP contribution in [-0.2, 0) is 9.59 Å². The van der Waals surface area contributed by atoms with Crippen molar-refractivity contribution in [3.63, 3.8) is 0 Å². The smallest absolute Gasteiger partial charge is 0.335 e. The number of hydrogen-bond donors (Lipinski definition) is 1. The second-order valence-corrected chi connectivity index (χ2v) is 7.68. The molecule has 0 aliphatic carbocycles. The Morgan fingerprint density at radius 3 is 2.36 bits per heavy atom. The standard InChI is InChI=1S/C24H19N3O6/c1-13-4-6-16(10-15(13)3)26-23(29)20(22(28)25-24(26)30)12-18-8-9-21(33-18)19-11-17(27(31)32)7-5-14(19)2/h4-12H,1-3H3,(H,25,28,30). The molecule has 166 valence electrons. The number of carbonyl (C=O) groups is 3. The molecule has 2 heterocycles. The van der Waals surface area contributed by atoms with Crippen molar-refractivity contribution >= 4 is 35.3 Å². The highest BCUT2D eigenvalue weighted by Crippen LogP contribution is 2.30. The van der Waals surface area contributed by atoms with E-state index in [0.717, 1.165) is 21.6 Å². The number of nitro benzene ring substituents is 1. The van der Waals surface area contributed by atoms with Gasteiger partial charge in [0.15, 0.2) is 0 Å². The zero-order valence-corrected chi connectivity index (χ0v) is 18.0. The third-order valence-corrected chi connectivity index (χ3v) is 5.46. The van der Waals surface area contributed by atoms with Gasteiger partial charge in [-0.2, -0.15) is 0 Å². The Balaban J connectivity index is 1.70. The Morgan fingerprint density at radius 2 is 1.67 bits per heavy atom. The second-order valence-electron chi connectivity index (χ2n) is 7.68. The second kappa shape index (κ2) is 8.19. The van der Waals surface area contributed by atoms with Crippen molar-refractivity contribution in [2.45, 2.75) is 20.8 Å². The number of carbonyl (C=O) groups excluding carboxylic acids is 3. The summed E-state index contributed by atoms with van der Waals surface area (Å²) in [5.74, 6) is -1.09. The Hall–Kier alpha value is -4.53. The van der Waals surface area contributed by atoms with Gasteiger partial charge in [-0.1, -0.05) is 12.1 Å². The molecule has 0 unspecified atom stereocenters. The van der Waals surface area contributed by atoms with Gasteiger partial charge in [0.25, 0.3) is 17.5 Å². The van der Waals surface area contributed by atoms with Gasteiger partial charge in [-0.3, -0.25) is 25.0 Å². The van der Waals surface area contributed by atoms with Gasteiger partial charge >= 0.3 is 6.03 Å². The van der Waals surface area contributed by atoms with E-state index in [1.54, 1.807) is 37.3 Å². The fourth-order valence-corrected chi connectivity index (χ4v) is 3.46. The molecule has 0 bridgehead atoms. The Kier molecular flexibility index (Phi) is 5.39. The molecule has 9 heteroatoms. The van der Waals surface area contributed by atoms with Gasteiger partial charge < -0.3 is 4.42 Å². The molecule has 0 radical (unpaired) electrons. The Labute approximate surface area is 188 Å². The van der Waals surface area contributed by atoms with Crippen LogP contribution in [0.2, 0.25) is 0 Å². The summed E-state index contributed by atoms with van der Waals surface area (Å²) in [6, 6.07) is 11.8. The highest BCUT2D eigenvalue weighted by atomic mass is 16.6. The van der Waals surface area contributed by atoms with Crippen LogP contribution in [0.3, 0.4) is 0 Å². The zero-order chi connectivity index (χ0) is 23.9. The third kappa shape index (κ3) is 4.03. The fraction of sp³-hybridized carbons (Fsp3) is 0.125. The van der Waals surface area contributed by atoms with Crippen molar-refractivity contribution in [3.8, 4) is 11.3 Å². The molecule has 0 spiro atoms. The van der Waals surface area contributed by atoms with Crippen LogP contribution in [0.4, 0.5) is 16.2 Å². The Morgan fingerprint density at radius 1 is 0.939 bits per heavy atom. The Bertz CT molecular complexity index is 1370. The highest BCUT2D eigenvalue weighted by molar-refractivity contribution is 6.39. The predicted octanol–water partition coefficient (Wildman–Crippen LogP) is 4.45. The van der Waals surface area contributed by atoms with Crippen LogP contribution in [-0.4, -0.2) is 22.8 Å². The fourth-order valence-electron chi connectivity index (χ4n) is 3.46. The quantitative estimate of drug-likeness (QED) is 0.274. The summed E-state index contributed by atoms with van der Waals surface area (Å²) >= 11 is 0. The monoisotopic (exact) mass is 445 g/mol. The number of rotatable bonds is 4. The lowest BCUT2D eigenvalue weighted by molar-refractivity contribution is -0.384. The SMILES string of the molecule is Cc1ccc(N2C(=O)NC(=O)C(=Cc3ccc(-c4cc([N+](=O)[O-])ccc4C)o3)C2=O)cc1C. The van der Waals surface area contributed by atoms with Gasteiger partial charge in [-0.25, -0.2) is 9.69 Å². The summed E-state index contributed by atoms with van der Waals surface area (Å²) in [5.41, 5.74) is 3.13. The number of aryl methyl sites for hydroxylation is 3. The van der Waals surface area contributed by atoms with E-state index in [-0.39, 0.29) is 17.0 Å². The van der Waals surface area contributed by atoms with E-state index in [1.807, 2.05) is 13.8 Å². The van der Waals surface area contributed by atoms with Gasteiger partial charge in [-0.05, 0) is 67.8 Å². The molecular formula is C24H19N3O6. The first kappa shape index (κ1) is 21.7. The molecule has 1 aromatic heterocycles. The number of non-ortho nitro benzene ring substituents is 1. The maximum absolute atomic E-state index is 13.1. The lowest BCUT2D eigenvalue weighted by Crippen LogP contribution is -2.54. The third-order valence-electron chi connectivity index (χ3n) is 5.46. The molecule has 1 fully saturated rings. The molecule has 0 atom stereocenters. The topological polar surface area (TPSA) is 123 Å². The lowest BCUT2D eigenvalue weighted by atomic mass is 10.1. The van der Waals surface area contributed by atoms with Gasteiger partial charge in [0.05, 0.1) is 10.6 Å². The van der Waals surface area contributed by atoms with Gasteiger partial charge in [0.2, 0.25) is 0 Å². The predicted molar refractivity (Wildman–Crippen MR) is 120 cm³/mol. The van der Waals surface area contributed by atoms with Crippen molar-refractivity contribution in [2.24, 2.45) is 0 Å². The average Bonchev–Trinajstić information content (AvgIpc) is 3.22. The number of furan rings is 1. The van der Waals surface area contributed by atoms with E-state index in [1.165, 1.54) is 24.3 Å². The van der Waals surface area contributed by atoms with E-state index in [2.05, 4.69) is 5.32 Å². The minimum absolute atomic E-state index is 0.0868. The van der Waals surface area contributed by atoms with Gasteiger partial charge in [-0.15, -0.1) is 0 Å². The molecule has 1 aliphatic rings. The molecule has 4 rings (SSSR count). The van der Waals surface area contributed by atoms with E-state index in [0.29, 0.717) is 17.0 Å². The van der Waals surface area contributed by atoms with Crippen LogP contribution in [0.15, 0.2) is 58.5 Å². The normalized spacial score (nSPS) is 15.2. The van der Waals surface area contributed by atoms with E-state index >= 15 is 0 Å². The van der Waals surface area contributed by atoms with E-state index in [9.17, 15) is 24.5 Å². The van der Waals surface area contributed by atoms with E-state index < -0.39 is 22.8 Å². The first-order chi connectivity index (χ1) is 15.7. The van der Waals surface area contributed by atoms with Gasteiger partial charge in [0, 0.05) is 17.7 Å². The summed E-state index contributed by atoms with van der Waals surface area (Å²) in [5, 5.41) is 13.3. The number of amides is 4. The number of nitrogens with one attached hydrogen (secondary N) is 1. The lowest BCUT2D eigenvalue weighted by Gasteiger charge is -2.26. The van der Waals surface area contributed by atoms with Crippen LogP contribution in [0, 0.1) is 30.9 Å². The highest BCUT2D eigenvalue weighted by Gasteiger charge is 2.37. The van der Waals surface area contributed by atoms with Crippen LogP contribution in [0.25, 0.3) is 17.4 Å². The van der Waals surface area contributed by atoms with Crippen LogP contribution >= 0.6 is 0 Å². The first-order valence-electron chi connectivity index (χ1n) is 9.99. The number of urea groups is 1. The zero-order valence-electron chi connectivity index (χ0n) is 18.0.